The fourth-order valence-electron chi connectivity index (χ4n) is 3.29. The Morgan fingerprint density at radius 3 is 2.57 bits per heavy atom. The fraction of sp³-hybridized carbons (Fsp3) is 0.455. The second kappa shape index (κ2) is 8.50. The third-order valence-electron chi connectivity index (χ3n) is 4.78. The largest absolute Gasteiger partial charge is 0.494 e. The molecule has 6 nitrogen and oxygen atoms in total. The molecule has 0 unspecified atom stereocenters. The highest BCUT2D eigenvalue weighted by Gasteiger charge is 2.12. The van der Waals surface area contributed by atoms with Crippen LogP contribution in [0.25, 0.3) is 10.9 Å². The van der Waals surface area contributed by atoms with Crippen molar-refractivity contribution in [1.29, 1.82) is 0 Å². The molecule has 0 saturated carbocycles. The molecule has 148 valence electrons. The van der Waals surface area contributed by atoms with Gasteiger partial charge in [-0.1, -0.05) is 13.8 Å². The Labute approximate surface area is 165 Å². The van der Waals surface area contributed by atoms with Gasteiger partial charge in [-0.2, -0.15) is 0 Å². The SMILES string of the molecule is CCOc1ccc2nc(Cc3nc(C)c(CCC(C)C)c(=O)[nH]3)nc(C)c2c1. The van der Waals surface area contributed by atoms with Gasteiger partial charge in [0.1, 0.15) is 17.4 Å². The number of fused-ring (bicyclic) bond motifs is 1. The van der Waals surface area contributed by atoms with E-state index in [1.807, 2.05) is 39.0 Å². The molecular weight excluding hydrogens is 352 g/mol. The molecule has 0 aliphatic heterocycles. The summed E-state index contributed by atoms with van der Waals surface area (Å²) in [5.41, 5.74) is 3.25. The summed E-state index contributed by atoms with van der Waals surface area (Å²) < 4.78 is 5.56. The second-order valence-electron chi connectivity index (χ2n) is 7.52. The van der Waals surface area contributed by atoms with E-state index < -0.39 is 0 Å². The first-order chi connectivity index (χ1) is 13.4. The summed E-state index contributed by atoms with van der Waals surface area (Å²) in [6.07, 6.45) is 2.12. The molecule has 1 N–H and O–H groups in total. The first-order valence-corrected chi connectivity index (χ1v) is 9.86. The van der Waals surface area contributed by atoms with Gasteiger partial charge in [-0.25, -0.2) is 15.0 Å². The molecule has 0 spiro atoms. The maximum Gasteiger partial charge on any atom is 0.254 e. The van der Waals surface area contributed by atoms with Crippen molar-refractivity contribution in [1.82, 2.24) is 19.9 Å². The van der Waals surface area contributed by atoms with Crippen LogP contribution < -0.4 is 10.3 Å². The van der Waals surface area contributed by atoms with Crippen molar-refractivity contribution in [3.05, 3.63) is 57.2 Å². The van der Waals surface area contributed by atoms with Gasteiger partial charge in [0, 0.05) is 22.3 Å². The molecule has 3 aromatic rings. The normalized spacial score (nSPS) is 11.4. The third-order valence-corrected chi connectivity index (χ3v) is 4.78. The van der Waals surface area contributed by atoms with Crippen molar-refractivity contribution in [2.45, 2.75) is 53.9 Å². The summed E-state index contributed by atoms with van der Waals surface area (Å²) in [7, 11) is 0. The minimum atomic E-state index is -0.0537. The molecule has 2 heterocycles. The van der Waals surface area contributed by atoms with E-state index >= 15 is 0 Å². The zero-order valence-electron chi connectivity index (χ0n) is 17.3. The van der Waals surface area contributed by atoms with Gasteiger partial charge >= 0.3 is 0 Å². The number of H-pyrrole nitrogens is 1. The smallest absolute Gasteiger partial charge is 0.254 e. The molecule has 0 aliphatic carbocycles. The minimum absolute atomic E-state index is 0.0537. The summed E-state index contributed by atoms with van der Waals surface area (Å²) in [5, 5.41) is 0.969. The number of rotatable bonds is 7. The lowest BCUT2D eigenvalue weighted by Gasteiger charge is -2.10. The second-order valence-corrected chi connectivity index (χ2v) is 7.52. The Kier molecular flexibility index (Phi) is 6.07. The lowest BCUT2D eigenvalue weighted by molar-refractivity contribution is 0.340. The van der Waals surface area contributed by atoms with Crippen molar-refractivity contribution >= 4 is 10.9 Å². The zero-order valence-corrected chi connectivity index (χ0v) is 17.3. The van der Waals surface area contributed by atoms with Gasteiger partial charge in [-0.05, 0) is 57.7 Å². The van der Waals surface area contributed by atoms with E-state index in [4.69, 9.17) is 4.74 Å². The van der Waals surface area contributed by atoms with Gasteiger partial charge in [0.15, 0.2) is 0 Å². The Morgan fingerprint density at radius 2 is 1.89 bits per heavy atom. The van der Waals surface area contributed by atoms with Gasteiger partial charge in [0.2, 0.25) is 0 Å². The maximum atomic E-state index is 12.5. The molecule has 0 fully saturated rings. The molecule has 28 heavy (non-hydrogen) atoms. The van der Waals surface area contributed by atoms with Crippen molar-refractivity contribution in [2.24, 2.45) is 5.92 Å². The highest BCUT2D eigenvalue weighted by molar-refractivity contribution is 5.82. The lowest BCUT2D eigenvalue weighted by atomic mass is 10.0. The lowest BCUT2D eigenvalue weighted by Crippen LogP contribution is -2.20. The van der Waals surface area contributed by atoms with Crippen LogP contribution in [0.2, 0.25) is 0 Å². The number of benzene rings is 1. The third kappa shape index (κ3) is 4.55. The summed E-state index contributed by atoms with van der Waals surface area (Å²) >= 11 is 0. The highest BCUT2D eigenvalue weighted by Crippen LogP contribution is 2.22. The molecule has 2 aromatic heterocycles. The quantitative estimate of drug-likeness (QED) is 0.672. The maximum absolute atomic E-state index is 12.5. The number of hydrogen-bond donors (Lipinski definition) is 1. The predicted octanol–water partition coefficient (Wildman–Crippen LogP) is 3.91. The predicted molar refractivity (Wildman–Crippen MR) is 111 cm³/mol. The van der Waals surface area contributed by atoms with Crippen molar-refractivity contribution < 1.29 is 4.74 Å². The summed E-state index contributed by atoms with van der Waals surface area (Å²) in [4.78, 5) is 29.3. The Hall–Kier alpha value is -2.76. The topological polar surface area (TPSA) is 80.8 Å². The molecule has 0 amide bonds. The van der Waals surface area contributed by atoms with E-state index in [1.54, 1.807) is 0 Å². The average molecular weight is 380 g/mol. The van der Waals surface area contributed by atoms with Crippen molar-refractivity contribution in [3.8, 4) is 5.75 Å². The summed E-state index contributed by atoms with van der Waals surface area (Å²) in [6.45, 7) is 10.7. The number of hydrogen-bond acceptors (Lipinski definition) is 5. The molecule has 0 aliphatic rings. The van der Waals surface area contributed by atoms with Crippen LogP contribution >= 0.6 is 0 Å². The number of ether oxygens (including phenoxy) is 1. The van der Waals surface area contributed by atoms with Gasteiger partial charge in [-0.3, -0.25) is 4.79 Å². The van der Waals surface area contributed by atoms with E-state index in [9.17, 15) is 4.79 Å². The average Bonchev–Trinajstić information content (AvgIpc) is 2.61. The Morgan fingerprint density at radius 1 is 1.11 bits per heavy atom. The van der Waals surface area contributed by atoms with Gasteiger partial charge in [0.25, 0.3) is 5.56 Å². The Bertz CT molecular complexity index is 1040. The van der Waals surface area contributed by atoms with Crippen LogP contribution in [-0.2, 0) is 12.8 Å². The number of aromatic amines is 1. The van der Waals surface area contributed by atoms with Crippen LogP contribution in [0.4, 0.5) is 0 Å². The summed E-state index contributed by atoms with van der Waals surface area (Å²) in [6, 6.07) is 5.82. The molecule has 0 atom stereocenters. The van der Waals surface area contributed by atoms with E-state index in [0.717, 1.165) is 46.4 Å². The van der Waals surface area contributed by atoms with Crippen molar-refractivity contribution in [3.63, 3.8) is 0 Å². The van der Waals surface area contributed by atoms with E-state index in [-0.39, 0.29) is 5.56 Å². The molecule has 3 rings (SSSR count). The number of nitrogens with one attached hydrogen (secondary N) is 1. The van der Waals surface area contributed by atoms with E-state index in [1.165, 1.54) is 0 Å². The molecule has 1 aromatic carbocycles. The molecular formula is C22H28N4O2. The van der Waals surface area contributed by atoms with E-state index in [2.05, 4.69) is 33.8 Å². The van der Waals surface area contributed by atoms with Gasteiger partial charge < -0.3 is 9.72 Å². The monoisotopic (exact) mass is 380 g/mol. The standard InChI is InChI=1S/C22H28N4O2/c1-6-28-16-8-10-19-18(11-16)15(5)24-20(25-19)12-21-23-14(4)17(22(27)26-21)9-7-13(2)3/h8,10-11,13H,6-7,9,12H2,1-5H3,(H,23,26,27). The molecule has 0 bridgehead atoms. The van der Waals surface area contributed by atoms with E-state index in [0.29, 0.717) is 30.6 Å². The van der Waals surface area contributed by atoms with Crippen LogP contribution in [0.5, 0.6) is 5.75 Å². The first kappa shape index (κ1) is 20.0. The highest BCUT2D eigenvalue weighted by atomic mass is 16.5. The zero-order chi connectivity index (χ0) is 20.3. The van der Waals surface area contributed by atoms with Gasteiger partial charge in [0.05, 0.1) is 18.5 Å². The number of nitrogens with zero attached hydrogens (tertiary/aromatic N) is 3. The number of aromatic nitrogens is 4. The van der Waals surface area contributed by atoms with Crippen LogP contribution in [0, 0.1) is 19.8 Å². The number of aryl methyl sites for hydroxylation is 2. The van der Waals surface area contributed by atoms with Gasteiger partial charge in [-0.15, -0.1) is 0 Å². The molecule has 0 radical (unpaired) electrons. The van der Waals surface area contributed by atoms with Crippen molar-refractivity contribution in [2.75, 3.05) is 6.61 Å². The van der Waals surface area contributed by atoms with Crippen LogP contribution in [-0.4, -0.2) is 26.5 Å². The Balaban J connectivity index is 1.88. The van der Waals surface area contributed by atoms with Crippen LogP contribution in [0.3, 0.4) is 0 Å². The molecule has 0 saturated heterocycles. The summed E-state index contributed by atoms with van der Waals surface area (Å²) in [5.74, 6) is 2.61. The molecule has 6 heteroatoms. The van der Waals surface area contributed by atoms with Crippen LogP contribution in [0.15, 0.2) is 23.0 Å². The van der Waals surface area contributed by atoms with Crippen LogP contribution in [0.1, 0.15) is 55.8 Å². The first-order valence-electron chi connectivity index (χ1n) is 9.86. The minimum Gasteiger partial charge on any atom is -0.494 e. The fourth-order valence-corrected chi connectivity index (χ4v) is 3.29.